The van der Waals surface area contributed by atoms with Crippen molar-refractivity contribution in [3.63, 3.8) is 0 Å². The third-order valence-corrected chi connectivity index (χ3v) is 3.31. The number of carbonyl (C=O) groups excluding carboxylic acids is 1. The fourth-order valence-electron chi connectivity index (χ4n) is 2.24. The van der Waals surface area contributed by atoms with E-state index in [-0.39, 0.29) is 11.8 Å². The Labute approximate surface area is 121 Å². The van der Waals surface area contributed by atoms with Gasteiger partial charge in [0.25, 0.3) is 0 Å². The number of amides is 1. The van der Waals surface area contributed by atoms with Gasteiger partial charge in [-0.25, -0.2) is 0 Å². The predicted octanol–water partition coefficient (Wildman–Crippen LogP) is 3.86. The largest absolute Gasteiger partial charge is 0.497 e. The number of hydrogen-bond donors (Lipinski definition) is 1. The molecule has 0 aliphatic carbocycles. The maximum absolute atomic E-state index is 12.3. The Hall–Kier alpha value is -1.71. The first-order valence-electron chi connectivity index (χ1n) is 7.19. The van der Waals surface area contributed by atoms with Crippen LogP contribution in [0.4, 0.5) is 5.69 Å². The molecule has 0 aliphatic rings. The van der Waals surface area contributed by atoms with E-state index in [0.29, 0.717) is 17.2 Å². The summed E-state index contributed by atoms with van der Waals surface area (Å²) in [5.74, 6) is 1.46. The zero-order chi connectivity index (χ0) is 15.0. The number of rotatable bonds is 8. The minimum Gasteiger partial charge on any atom is -0.497 e. The number of methoxy groups -OCH3 is 2. The lowest BCUT2D eigenvalue weighted by atomic mass is 9.97. The quantitative estimate of drug-likeness (QED) is 0.786. The second kappa shape index (κ2) is 8.46. The van der Waals surface area contributed by atoms with Crippen LogP contribution in [0, 0.1) is 5.92 Å². The van der Waals surface area contributed by atoms with Crippen molar-refractivity contribution in [1.29, 1.82) is 0 Å². The zero-order valence-electron chi connectivity index (χ0n) is 12.9. The van der Waals surface area contributed by atoms with E-state index in [1.165, 1.54) is 0 Å². The molecule has 0 saturated heterocycles. The minimum absolute atomic E-state index is 0.0665. The summed E-state index contributed by atoms with van der Waals surface area (Å²) in [7, 11) is 3.19. The smallest absolute Gasteiger partial charge is 0.227 e. The lowest BCUT2D eigenvalue weighted by Crippen LogP contribution is -2.23. The number of nitrogens with one attached hydrogen (secondary N) is 1. The molecule has 1 N–H and O–H groups in total. The Bertz CT molecular complexity index is 426. The van der Waals surface area contributed by atoms with Crippen LogP contribution in [-0.2, 0) is 4.79 Å². The predicted molar refractivity (Wildman–Crippen MR) is 81.5 cm³/mol. The average Bonchev–Trinajstić information content (AvgIpc) is 2.47. The summed E-state index contributed by atoms with van der Waals surface area (Å²) in [6, 6.07) is 5.39. The standard InChI is InChI=1S/C16H25NO3/c1-5-7-12(8-6-2)16(18)17-14-10-9-13(19-3)11-15(14)20-4/h9-12H,5-8H2,1-4H3,(H,17,18). The van der Waals surface area contributed by atoms with Gasteiger partial charge in [-0.05, 0) is 25.0 Å². The van der Waals surface area contributed by atoms with Gasteiger partial charge in [-0.15, -0.1) is 0 Å². The third kappa shape index (κ3) is 4.44. The second-order valence-electron chi connectivity index (χ2n) is 4.83. The van der Waals surface area contributed by atoms with Gasteiger partial charge >= 0.3 is 0 Å². The Morgan fingerprint density at radius 2 is 1.80 bits per heavy atom. The van der Waals surface area contributed by atoms with Gasteiger partial charge in [0.2, 0.25) is 5.91 Å². The molecule has 1 aromatic carbocycles. The molecule has 0 unspecified atom stereocenters. The SMILES string of the molecule is CCCC(CCC)C(=O)Nc1ccc(OC)cc1OC. The summed E-state index contributed by atoms with van der Waals surface area (Å²) in [5.41, 5.74) is 0.690. The molecular weight excluding hydrogens is 254 g/mol. The van der Waals surface area contributed by atoms with E-state index in [9.17, 15) is 4.79 Å². The van der Waals surface area contributed by atoms with Crippen molar-refractivity contribution in [2.24, 2.45) is 5.92 Å². The third-order valence-electron chi connectivity index (χ3n) is 3.31. The highest BCUT2D eigenvalue weighted by atomic mass is 16.5. The van der Waals surface area contributed by atoms with E-state index in [2.05, 4.69) is 19.2 Å². The zero-order valence-corrected chi connectivity index (χ0v) is 12.9. The molecule has 1 amide bonds. The first-order chi connectivity index (χ1) is 9.65. The van der Waals surface area contributed by atoms with Gasteiger partial charge in [-0.2, -0.15) is 0 Å². The van der Waals surface area contributed by atoms with Crippen LogP contribution in [0.5, 0.6) is 11.5 Å². The second-order valence-corrected chi connectivity index (χ2v) is 4.83. The molecule has 1 rings (SSSR count). The van der Waals surface area contributed by atoms with Crippen LogP contribution in [0.25, 0.3) is 0 Å². The number of benzene rings is 1. The fraction of sp³-hybridized carbons (Fsp3) is 0.562. The molecule has 0 aliphatic heterocycles. The summed E-state index contributed by atoms with van der Waals surface area (Å²) in [6.07, 6.45) is 3.85. The molecule has 0 radical (unpaired) electrons. The van der Waals surface area contributed by atoms with Crippen LogP contribution in [0.1, 0.15) is 39.5 Å². The molecule has 0 fully saturated rings. The minimum atomic E-state index is 0.0665. The van der Waals surface area contributed by atoms with E-state index >= 15 is 0 Å². The molecule has 112 valence electrons. The maximum atomic E-state index is 12.3. The molecular formula is C16H25NO3. The van der Waals surface area contributed by atoms with Crippen molar-refractivity contribution >= 4 is 11.6 Å². The number of ether oxygens (including phenoxy) is 2. The van der Waals surface area contributed by atoms with Crippen LogP contribution in [0.3, 0.4) is 0 Å². The molecule has 0 saturated carbocycles. The molecule has 4 heteroatoms. The molecule has 0 atom stereocenters. The van der Waals surface area contributed by atoms with Crippen molar-refractivity contribution in [1.82, 2.24) is 0 Å². The van der Waals surface area contributed by atoms with E-state index in [1.54, 1.807) is 20.3 Å². The first kappa shape index (κ1) is 16.3. The van der Waals surface area contributed by atoms with Crippen LogP contribution in [-0.4, -0.2) is 20.1 Å². The molecule has 4 nitrogen and oxygen atoms in total. The van der Waals surface area contributed by atoms with E-state index in [4.69, 9.17) is 9.47 Å². The average molecular weight is 279 g/mol. The van der Waals surface area contributed by atoms with Gasteiger partial charge in [-0.1, -0.05) is 26.7 Å². The summed E-state index contributed by atoms with van der Waals surface area (Å²) in [5, 5.41) is 2.96. The van der Waals surface area contributed by atoms with Gasteiger partial charge in [0.05, 0.1) is 19.9 Å². The van der Waals surface area contributed by atoms with E-state index < -0.39 is 0 Å². The van der Waals surface area contributed by atoms with Crippen LogP contribution < -0.4 is 14.8 Å². The lowest BCUT2D eigenvalue weighted by molar-refractivity contribution is -0.120. The number of hydrogen-bond acceptors (Lipinski definition) is 3. The fourth-order valence-corrected chi connectivity index (χ4v) is 2.24. The van der Waals surface area contributed by atoms with Crippen molar-refractivity contribution in [3.05, 3.63) is 18.2 Å². The van der Waals surface area contributed by atoms with Crippen LogP contribution in [0.15, 0.2) is 18.2 Å². The maximum Gasteiger partial charge on any atom is 0.227 e. The van der Waals surface area contributed by atoms with Gasteiger partial charge in [0.1, 0.15) is 11.5 Å². The summed E-state index contributed by atoms with van der Waals surface area (Å²) in [6.45, 7) is 4.20. The molecule has 1 aromatic rings. The van der Waals surface area contributed by atoms with Gasteiger partial charge < -0.3 is 14.8 Å². The van der Waals surface area contributed by atoms with Crippen molar-refractivity contribution in [2.75, 3.05) is 19.5 Å². The number of carbonyl (C=O) groups is 1. The summed E-state index contributed by atoms with van der Waals surface area (Å²) < 4.78 is 10.4. The van der Waals surface area contributed by atoms with Gasteiger partial charge in [-0.3, -0.25) is 4.79 Å². The number of anilines is 1. The molecule has 0 bridgehead atoms. The van der Waals surface area contributed by atoms with Crippen LogP contribution >= 0.6 is 0 Å². The van der Waals surface area contributed by atoms with E-state index in [1.807, 2.05) is 12.1 Å². The van der Waals surface area contributed by atoms with Crippen molar-refractivity contribution < 1.29 is 14.3 Å². The topological polar surface area (TPSA) is 47.6 Å². The highest BCUT2D eigenvalue weighted by molar-refractivity contribution is 5.94. The van der Waals surface area contributed by atoms with Crippen molar-refractivity contribution in [3.8, 4) is 11.5 Å². The van der Waals surface area contributed by atoms with Crippen molar-refractivity contribution in [2.45, 2.75) is 39.5 Å². The monoisotopic (exact) mass is 279 g/mol. The summed E-state index contributed by atoms with van der Waals surface area (Å²) >= 11 is 0. The Morgan fingerprint density at radius 1 is 1.15 bits per heavy atom. The molecule has 0 spiro atoms. The highest BCUT2D eigenvalue weighted by Crippen LogP contribution is 2.30. The highest BCUT2D eigenvalue weighted by Gasteiger charge is 2.18. The van der Waals surface area contributed by atoms with E-state index in [0.717, 1.165) is 25.7 Å². The normalized spacial score (nSPS) is 10.4. The molecule has 0 heterocycles. The Kier molecular flexibility index (Phi) is 6.91. The Morgan fingerprint density at radius 3 is 2.30 bits per heavy atom. The first-order valence-corrected chi connectivity index (χ1v) is 7.19. The molecule has 0 aromatic heterocycles. The summed E-state index contributed by atoms with van der Waals surface area (Å²) in [4.78, 5) is 12.3. The van der Waals surface area contributed by atoms with Gasteiger partial charge in [0, 0.05) is 12.0 Å². The van der Waals surface area contributed by atoms with Crippen LogP contribution in [0.2, 0.25) is 0 Å². The molecule has 20 heavy (non-hydrogen) atoms. The lowest BCUT2D eigenvalue weighted by Gasteiger charge is -2.17. The Balaban J connectivity index is 2.82. The van der Waals surface area contributed by atoms with Gasteiger partial charge in [0.15, 0.2) is 0 Å².